The topological polar surface area (TPSA) is 54.2 Å². The van der Waals surface area contributed by atoms with Crippen molar-refractivity contribution in [1.82, 2.24) is 20.5 Å². The summed E-state index contributed by atoms with van der Waals surface area (Å²) in [6.07, 6.45) is -0.221. The van der Waals surface area contributed by atoms with Gasteiger partial charge >= 0.3 is 0 Å². The molecule has 50 heavy (non-hydrogen) atoms. The highest BCUT2D eigenvalue weighted by Gasteiger charge is 2.30. The van der Waals surface area contributed by atoms with Crippen molar-refractivity contribution in [3.63, 3.8) is 0 Å². The van der Waals surface area contributed by atoms with E-state index >= 15 is 0 Å². The Labute approximate surface area is 289 Å². The zero-order chi connectivity index (χ0) is 33.0. The van der Waals surface area contributed by atoms with Crippen LogP contribution in [0.1, 0.15) is 35.2 Å². The molecule has 3 heterocycles. The van der Waals surface area contributed by atoms with Crippen molar-refractivity contribution in [3.05, 3.63) is 187 Å². The van der Waals surface area contributed by atoms with Crippen molar-refractivity contribution in [3.8, 4) is 16.8 Å². The number of benzene rings is 7. The molecule has 0 aliphatic carbocycles. The molecule has 0 amide bonds. The van der Waals surface area contributed by atoms with Crippen molar-refractivity contribution in [1.29, 1.82) is 0 Å². The van der Waals surface area contributed by atoms with E-state index in [1.165, 1.54) is 33.0 Å². The van der Waals surface area contributed by atoms with Crippen molar-refractivity contribution >= 4 is 43.7 Å². The Morgan fingerprint density at radius 2 is 1.00 bits per heavy atom. The number of aromatic nitrogens is 1. The predicted molar refractivity (Wildman–Crippen MR) is 204 cm³/mol. The summed E-state index contributed by atoms with van der Waals surface area (Å²) < 4.78 is 8.93. The standard InChI is InChI=1S/C45H34N4O/c1-3-12-29(13-4-1)32-16-11-17-33(28-32)45-47-43(30-14-5-2-6-15-30)46-44(48-45)31-22-24-34(25-23-31)49-39-20-9-7-18-35(39)37-26-27-38-36-19-8-10-21-40(36)50-42(38)41(37)49/h1-28,43-48H. The molecular formula is C45H34N4O. The number of hydrogen-bond donors (Lipinski definition) is 3. The number of nitrogens with zero attached hydrogens (tertiary/aromatic N) is 1. The van der Waals surface area contributed by atoms with E-state index in [0.29, 0.717) is 0 Å². The maximum atomic E-state index is 6.57. The molecule has 0 spiro atoms. The molecule has 5 nitrogen and oxygen atoms in total. The molecule has 1 aliphatic rings. The molecule has 3 atom stereocenters. The van der Waals surface area contributed by atoms with Crippen LogP contribution in [0.3, 0.4) is 0 Å². The van der Waals surface area contributed by atoms with Crippen LogP contribution in [-0.2, 0) is 0 Å². The number of hydrogen-bond acceptors (Lipinski definition) is 4. The molecule has 1 fully saturated rings. The third kappa shape index (κ3) is 4.83. The van der Waals surface area contributed by atoms with E-state index < -0.39 is 0 Å². The first-order valence-corrected chi connectivity index (χ1v) is 17.2. The fraction of sp³-hybridized carbons (Fsp3) is 0.0667. The summed E-state index contributed by atoms with van der Waals surface area (Å²) in [6, 6.07) is 60.3. The van der Waals surface area contributed by atoms with Crippen LogP contribution in [0, 0.1) is 0 Å². The zero-order valence-electron chi connectivity index (χ0n) is 27.3. The fourth-order valence-corrected chi connectivity index (χ4v) is 7.71. The van der Waals surface area contributed by atoms with E-state index in [-0.39, 0.29) is 18.5 Å². The molecule has 240 valence electrons. The second-order valence-corrected chi connectivity index (χ2v) is 13.1. The van der Waals surface area contributed by atoms with Crippen LogP contribution in [0.25, 0.3) is 60.6 Å². The lowest BCUT2D eigenvalue weighted by atomic mass is 10.00. The van der Waals surface area contributed by atoms with Crippen LogP contribution >= 0.6 is 0 Å². The van der Waals surface area contributed by atoms with E-state index in [2.05, 4.69) is 184 Å². The van der Waals surface area contributed by atoms with Crippen LogP contribution in [0.2, 0.25) is 0 Å². The van der Waals surface area contributed by atoms with E-state index in [1.54, 1.807) is 0 Å². The number of rotatable bonds is 5. The minimum atomic E-state index is -0.0962. The Morgan fingerprint density at radius 1 is 0.420 bits per heavy atom. The third-order valence-electron chi connectivity index (χ3n) is 10.1. The van der Waals surface area contributed by atoms with Gasteiger partial charge in [0.15, 0.2) is 5.58 Å². The van der Waals surface area contributed by atoms with Gasteiger partial charge in [-0.2, -0.15) is 0 Å². The Morgan fingerprint density at radius 3 is 1.78 bits per heavy atom. The Hall–Kier alpha value is -5.98. The maximum Gasteiger partial charge on any atom is 0.160 e. The average Bonchev–Trinajstić information content (AvgIpc) is 3.75. The van der Waals surface area contributed by atoms with Gasteiger partial charge in [-0.05, 0) is 64.2 Å². The summed E-state index contributed by atoms with van der Waals surface area (Å²) in [5, 5.41) is 16.2. The third-order valence-corrected chi connectivity index (χ3v) is 10.1. The Balaban J connectivity index is 1.06. The van der Waals surface area contributed by atoms with E-state index in [9.17, 15) is 0 Å². The number of nitrogens with one attached hydrogen (secondary N) is 3. The summed E-state index contributed by atoms with van der Waals surface area (Å²) in [4.78, 5) is 0. The summed E-state index contributed by atoms with van der Waals surface area (Å²) in [5.41, 5.74) is 11.1. The maximum absolute atomic E-state index is 6.57. The molecule has 3 unspecified atom stereocenters. The number of para-hydroxylation sites is 2. The van der Waals surface area contributed by atoms with Crippen LogP contribution in [0.4, 0.5) is 0 Å². The van der Waals surface area contributed by atoms with Gasteiger partial charge in [0.05, 0.1) is 29.5 Å². The highest BCUT2D eigenvalue weighted by atomic mass is 16.3. The number of furan rings is 1. The van der Waals surface area contributed by atoms with Crippen LogP contribution in [0.15, 0.2) is 174 Å². The van der Waals surface area contributed by atoms with Gasteiger partial charge < -0.3 is 8.98 Å². The van der Waals surface area contributed by atoms with Crippen molar-refractivity contribution in [2.45, 2.75) is 18.5 Å². The molecule has 3 N–H and O–H groups in total. The fourth-order valence-electron chi connectivity index (χ4n) is 7.71. The Kier molecular flexibility index (Phi) is 6.88. The molecule has 7 aromatic carbocycles. The second kappa shape index (κ2) is 11.9. The first-order valence-electron chi connectivity index (χ1n) is 17.2. The van der Waals surface area contributed by atoms with Crippen LogP contribution < -0.4 is 16.0 Å². The van der Waals surface area contributed by atoms with E-state index in [4.69, 9.17) is 4.42 Å². The molecule has 10 rings (SSSR count). The first-order chi connectivity index (χ1) is 24.8. The Bertz CT molecular complexity index is 2640. The van der Waals surface area contributed by atoms with E-state index in [1.807, 2.05) is 6.07 Å². The minimum absolute atomic E-state index is 0.0498. The van der Waals surface area contributed by atoms with Gasteiger partial charge in [0, 0.05) is 27.2 Å². The van der Waals surface area contributed by atoms with Gasteiger partial charge in [-0.1, -0.05) is 133 Å². The minimum Gasteiger partial charge on any atom is -0.454 e. The van der Waals surface area contributed by atoms with Gasteiger partial charge in [0.25, 0.3) is 0 Å². The van der Waals surface area contributed by atoms with Crippen molar-refractivity contribution in [2.24, 2.45) is 0 Å². The lowest BCUT2D eigenvalue weighted by molar-refractivity contribution is 0.203. The second-order valence-electron chi connectivity index (χ2n) is 13.1. The lowest BCUT2D eigenvalue weighted by Gasteiger charge is -2.39. The monoisotopic (exact) mass is 646 g/mol. The quantitative estimate of drug-likeness (QED) is 0.174. The summed E-state index contributed by atoms with van der Waals surface area (Å²) in [7, 11) is 0. The van der Waals surface area contributed by atoms with Crippen LogP contribution in [0.5, 0.6) is 0 Å². The van der Waals surface area contributed by atoms with Gasteiger partial charge in [-0.3, -0.25) is 16.0 Å². The largest absolute Gasteiger partial charge is 0.454 e. The van der Waals surface area contributed by atoms with E-state index in [0.717, 1.165) is 44.2 Å². The van der Waals surface area contributed by atoms with Gasteiger partial charge in [-0.25, -0.2) is 0 Å². The van der Waals surface area contributed by atoms with Crippen LogP contribution in [-0.4, -0.2) is 4.57 Å². The molecule has 9 aromatic rings. The van der Waals surface area contributed by atoms with Gasteiger partial charge in [-0.15, -0.1) is 0 Å². The molecule has 0 saturated carbocycles. The summed E-state index contributed by atoms with van der Waals surface area (Å²) in [6.45, 7) is 0. The SMILES string of the molecule is c1ccc(-c2cccc(C3NC(c4ccccc4)NC(c4ccc(-n5c6ccccc6c6ccc7c8ccccc8oc7c65)cc4)N3)c2)cc1. The smallest absolute Gasteiger partial charge is 0.160 e. The van der Waals surface area contributed by atoms with Gasteiger partial charge in [0.2, 0.25) is 0 Å². The molecule has 0 bridgehead atoms. The number of fused-ring (bicyclic) bond motifs is 7. The first kappa shape index (κ1) is 29.0. The average molecular weight is 647 g/mol. The highest BCUT2D eigenvalue weighted by Crippen LogP contribution is 2.40. The molecule has 1 aliphatic heterocycles. The lowest BCUT2D eigenvalue weighted by Crippen LogP contribution is -2.54. The zero-order valence-corrected chi connectivity index (χ0v) is 27.3. The molecule has 0 radical (unpaired) electrons. The predicted octanol–water partition coefficient (Wildman–Crippen LogP) is 10.5. The summed E-state index contributed by atoms with van der Waals surface area (Å²) >= 11 is 0. The molecule has 2 aromatic heterocycles. The molecule has 1 saturated heterocycles. The van der Waals surface area contributed by atoms with Gasteiger partial charge in [0.1, 0.15) is 5.58 Å². The highest BCUT2D eigenvalue weighted by molar-refractivity contribution is 6.21. The molecular weight excluding hydrogens is 613 g/mol. The normalized spacial score (nSPS) is 18.0. The van der Waals surface area contributed by atoms with Crippen molar-refractivity contribution in [2.75, 3.05) is 0 Å². The summed E-state index contributed by atoms with van der Waals surface area (Å²) in [5.74, 6) is 0. The molecule has 5 heteroatoms. The van der Waals surface area contributed by atoms with Crippen molar-refractivity contribution < 1.29 is 4.42 Å².